The molecule has 17 atom stereocenters. The average molecular weight is 1520 g/mol. The van der Waals surface area contributed by atoms with Crippen molar-refractivity contribution in [2.75, 3.05) is 26.4 Å². The van der Waals surface area contributed by atoms with Gasteiger partial charge in [0.1, 0.15) is 73.2 Å². The van der Waals surface area contributed by atoms with Crippen molar-refractivity contribution in [2.45, 2.75) is 369 Å². The van der Waals surface area contributed by atoms with Crippen LogP contribution in [-0.2, 0) is 33.2 Å². The van der Waals surface area contributed by atoms with E-state index in [1.54, 1.807) is 6.08 Å². The first-order valence-electron chi connectivity index (χ1n) is 41.7. The molecule has 3 rings (SSSR count). The monoisotopic (exact) mass is 1520 g/mol. The predicted molar refractivity (Wildman–Crippen MR) is 433 cm³/mol. The lowest BCUT2D eigenvalue weighted by Gasteiger charge is -2.48. The molecule has 0 aromatic heterocycles. The van der Waals surface area contributed by atoms with Crippen LogP contribution in [0.3, 0.4) is 0 Å². The number of carbonyl (C=O) groups excluding carboxylic acids is 1. The molecular formula is C89H147NO18. The van der Waals surface area contributed by atoms with Gasteiger partial charge in [-0.2, -0.15) is 0 Å². The van der Waals surface area contributed by atoms with Crippen molar-refractivity contribution in [1.29, 1.82) is 0 Å². The maximum absolute atomic E-state index is 13.5. The normalized spacial score (nSPS) is 26.2. The summed E-state index contributed by atoms with van der Waals surface area (Å²) < 4.78 is 34.4. The molecule has 0 saturated carbocycles. The molecule has 3 heterocycles. The van der Waals surface area contributed by atoms with Crippen molar-refractivity contribution >= 4 is 5.91 Å². The van der Waals surface area contributed by atoms with Crippen LogP contribution in [-0.4, -0.2) is 193 Å². The van der Waals surface area contributed by atoms with Gasteiger partial charge in [0, 0.05) is 6.42 Å². The van der Waals surface area contributed by atoms with E-state index in [0.29, 0.717) is 12.8 Å². The Morgan fingerprint density at radius 3 is 1.04 bits per heavy atom. The van der Waals surface area contributed by atoms with Crippen LogP contribution in [0.5, 0.6) is 0 Å². The molecule has 17 unspecified atom stereocenters. The molecule has 108 heavy (non-hydrogen) atoms. The minimum Gasteiger partial charge on any atom is -0.394 e. The van der Waals surface area contributed by atoms with Gasteiger partial charge in [-0.25, -0.2) is 0 Å². The van der Waals surface area contributed by atoms with E-state index in [4.69, 9.17) is 28.4 Å². The van der Waals surface area contributed by atoms with Crippen molar-refractivity contribution in [3.63, 3.8) is 0 Å². The Morgan fingerprint density at radius 2 is 0.648 bits per heavy atom. The Morgan fingerprint density at radius 1 is 0.343 bits per heavy atom. The number of ether oxygens (including phenoxy) is 6. The van der Waals surface area contributed by atoms with Gasteiger partial charge >= 0.3 is 0 Å². The van der Waals surface area contributed by atoms with Gasteiger partial charge < -0.3 is 89.9 Å². The fourth-order valence-corrected chi connectivity index (χ4v) is 12.9. The van der Waals surface area contributed by atoms with Crippen molar-refractivity contribution in [2.24, 2.45) is 0 Å². The molecule has 1 amide bonds. The molecule has 0 bridgehead atoms. The molecule has 19 heteroatoms. The maximum Gasteiger partial charge on any atom is 0.220 e. The number of hydrogen-bond acceptors (Lipinski definition) is 18. The van der Waals surface area contributed by atoms with Crippen LogP contribution in [0.15, 0.2) is 158 Å². The number of hydrogen-bond donors (Lipinski definition) is 12. The van der Waals surface area contributed by atoms with E-state index in [-0.39, 0.29) is 18.9 Å². The van der Waals surface area contributed by atoms with Crippen LogP contribution >= 0.6 is 0 Å². The zero-order chi connectivity index (χ0) is 78.1. The first-order chi connectivity index (χ1) is 52.8. The van der Waals surface area contributed by atoms with Crippen LogP contribution < -0.4 is 5.32 Å². The Labute approximate surface area is 650 Å². The molecule has 0 aromatic rings. The second-order valence-corrected chi connectivity index (χ2v) is 28.8. The van der Waals surface area contributed by atoms with Gasteiger partial charge in [0.2, 0.25) is 5.91 Å². The van der Waals surface area contributed by atoms with Gasteiger partial charge in [-0.05, 0) is 122 Å². The van der Waals surface area contributed by atoms with Gasteiger partial charge in [0.15, 0.2) is 18.9 Å². The third kappa shape index (κ3) is 45.8. The van der Waals surface area contributed by atoms with Crippen LogP contribution in [0.4, 0.5) is 0 Å². The fraction of sp³-hybridized carbons (Fsp3) is 0.697. The fourth-order valence-electron chi connectivity index (χ4n) is 12.9. The predicted octanol–water partition coefficient (Wildman–Crippen LogP) is 14.8. The quantitative estimate of drug-likeness (QED) is 0.0199. The lowest BCUT2D eigenvalue weighted by Crippen LogP contribution is -2.66. The first-order valence-corrected chi connectivity index (χ1v) is 41.7. The summed E-state index contributed by atoms with van der Waals surface area (Å²) in [6.45, 7) is 1.59. The van der Waals surface area contributed by atoms with E-state index in [2.05, 4.69) is 165 Å². The number of aliphatic hydroxyl groups excluding tert-OH is 11. The van der Waals surface area contributed by atoms with Crippen LogP contribution in [0.2, 0.25) is 0 Å². The number of carbonyl (C=O) groups is 1. The molecular weight excluding hydrogens is 1370 g/mol. The van der Waals surface area contributed by atoms with E-state index in [1.807, 2.05) is 6.08 Å². The summed E-state index contributed by atoms with van der Waals surface area (Å²) in [4.78, 5) is 13.5. The molecule has 3 aliphatic heterocycles. The highest BCUT2D eigenvalue weighted by atomic mass is 16.8. The van der Waals surface area contributed by atoms with Crippen molar-refractivity contribution in [1.82, 2.24) is 5.32 Å². The molecule has 0 aliphatic carbocycles. The minimum absolute atomic E-state index is 0.217. The highest BCUT2D eigenvalue weighted by molar-refractivity contribution is 5.76. The largest absolute Gasteiger partial charge is 0.394 e. The first kappa shape index (κ1) is 97.6. The summed E-state index contributed by atoms with van der Waals surface area (Å²) in [6, 6.07) is -1.01. The molecule has 3 fully saturated rings. The molecule has 19 nitrogen and oxygen atoms in total. The highest BCUT2D eigenvalue weighted by Gasteiger charge is 2.54. The van der Waals surface area contributed by atoms with E-state index in [1.165, 1.54) is 109 Å². The van der Waals surface area contributed by atoms with Gasteiger partial charge in [-0.1, -0.05) is 294 Å². The Kier molecular flexibility index (Phi) is 60.5. The second-order valence-electron chi connectivity index (χ2n) is 28.8. The number of nitrogens with one attached hydrogen (secondary N) is 1. The topological polar surface area (TPSA) is 307 Å². The van der Waals surface area contributed by atoms with Gasteiger partial charge in [-0.15, -0.1) is 0 Å². The maximum atomic E-state index is 13.5. The van der Waals surface area contributed by atoms with Crippen LogP contribution in [0, 0.1) is 0 Å². The number of rotatable bonds is 64. The van der Waals surface area contributed by atoms with Crippen LogP contribution in [0.1, 0.15) is 264 Å². The van der Waals surface area contributed by atoms with Gasteiger partial charge in [0.25, 0.3) is 0 Å². The molecule has 3 saturated heterocycles. The smallest absolute Gasteiger partial charge is 0.220 e. The highest BCUT2D eigenvalue weighted by Crippen LogP contribution is 2.33. The second kappa shape index (κ2) is 67.0. The number of amides is 1. The molecule has 12 N–H and O–H groups in total. The summed E-state index contributed by atoms with van der Waals surface area (Å²) in [5.74, 6) is -0.299. The lowest BCUT2D eigenvalue weighted by molar-refractivity contribution is -0.379. The van der Waals surface area contributed by atoms with Gasteiger partial charge in [0.05, 0.1) is 38.6 Å². The summed E-state index contributed by atoms with van der Waals surface area (Å²) in [7, 11) is 0. The third-order valence-corrected chi connectivity index (χ3v) is 19.5. The minimum atomic E-state index is -1.99. The summed E-state index contributed by atoms with van der Waals surface area (Å²) in [5.41, 5.74) is 0. The average Bonchev–Trinajstić information content (AvgIpc) is 0.787. The Balaban J connectivity index is 1.36. The van der Waals surface area contributed by atoms with Gasteiger partial charge in [-0.3, -0.25) is 4.79 Å². The Bertz CT molecular complexity index is 2570. The lowest BCUT2D eigenvalue weighted by atomic mass is 9.96. The van der Waals surface area contributed by atoms with Crippen LogP contribution in [0.25, 0.3) is 0 Å². The van der Waals surface area contributed by atoms with E-state index in [0.717, 1.165) is 122 Å². The standard InChI is InChI=1S/C89H147NO18/c1-3-5-7-9-11-13-15-17-19-21-23-25-27-28-29-30-31-32-33-34-35-36-37-38-39-40-41-42-43-44-45-47-49-51-53-55-57-59-61-63-65-67-77(95)90-72(73(94)66-64-62-60-58-56-54-52-50-48-46-26-24-22-20-18-16-14-12-10-8-6-4-2)71-103-87-83(101)80(98)85(75(69-92)105-87)108-89-84(102)81(99)86(76(70-93)106-89)107-88-82(100)79(97)78(96)74(68-91)104-88/h5,7,11,13,17,19,23,25,28-29,31-32,34-35,37-38,40-41,43-44,48,50,56,58,64,66,72-76,78-89,91-94,96-102H,3-4,6,8-10,12,14-16,18,20-22,24,26-27,30,33,36,39,42,45-47,49,51-55,57,59-63,65,67-71H2,1-2H3,(H,90,95)/b7-5-,13-11-,19-17-,25-23-,29-28-,32-31-,35-34-,38-37-,41-40-,44-43-,50-48+,58-56+,66-64+. The molecule has 0 aromatic carbocycles. The Hall–Kier alpha value is -4.59. The summed E-state index contributed by atoms with van der Waals surface area (Å²) in [6.07, 6.45) is 72.3. The van der Waals surface area contributed by atoms with Crippen molar-refractivity contribution in [3.8, 4) is 0 Å². The zero-order valence-electron chi connectivity index (χ0n) is 66.0. The molecule has 0 spiro atoms. The van der Waals surface area contributed by atoms with Crippen molar-refractivity contribution < 1.29 is 89.4 Å². The zero-order valence-corrected chi connectivity index (χ0v) is 66.0. The molecule has 0 radical (unpaired) electrons. The summed E-state index contributed by atoms with van der Waals surface area (Å²) in [5, 5.41) is 121. The number of aliphatic hydroxyl groups is 11. The molecule has 616 valence electrons. The van der Waals surface area contributed by atoms with Crippen molar-refractivity contribution in [3.05, 3.63) is 158 Å². The summed E-state index contributed by atoms with van der Waals surface area (Å²) >= 11 is 0. The SMILES string of the molecule is CC/C=C\C/C=C\C/C=C\C/C=C\C/C=C\C/C=C\C/C=C\C/C=C\C/C=C\C/C=C\CCCCCCCCCCCCC(=O)NC(COC1OC(CO)C(OC2OC(CO)C(OC3OC(CO)C(O)C(O)C3O)C(O)C2O)C(O)C1O)C(O)/C=C/CC/C=C/CC/C=C/CCCCCCCCCCCCCC. The van der Waals surface area contributed by atoms with E-state index >= 15 is 0 Å². The third-order valence-electron chi connectivity index (χ3n) is 19.5. The number of allylic oxidation sites excluding steroid dienone is 25. The van der Waals surface area contributed by atoms with E-state index < -0.39 is 124 Å². The molecule has 3 aliphatic rings. The number of unbranched alkanes of at least 4 members (excludes halogenated alkanes) is 24. The van der Waals surface area contributed by atoms with E-state index in [9.17, 15) is 61.0 Å².